The van der Waals surface area contributed by atoms with Gasteiger partial charge < -0.3 is 4.74 Å². The molecule has 0 spiro atoms. The monoisotopic (exact) mass is 215 g/mol. The number of carbonyl (C=O) groups excluding carboxylic acids is 1. The van der Waals surface area contributed by atoms with Crippen molar-refractivity contribution in [2.45, 2.75) is 0 Å². The summed E-state index contributed by atoms with van der Waals surface area (Å²) in [5, 5.41) is 7.75. The van der Waals surface area contributed by atoms with Crippen LogP contribution in [0.15, 0.2) is 30.5 Å². The standard InChI is InChI=1S/C11H9N3O2/c1-16-10-5-4-9(13-14-10)11-8(7-15)3-2-6-12-11/h2-7H,1H3. The van der Waals surface area contributed by atoms with Crippen molar-refractivity contribution in [3.8, 4) is 17.3 Å². The van der Waals surface area contributed by atoms with Gasteiger partial charge in [-0.25, -0.2) is 0 Å². The molecule has 5 nitrogen and oxygen atoms in total. The topological polar surface area (TPSA) is 65.0 Å². The minimum Gasteiger partial charge on any atom is -0.480 e. The Balaban J connectivity index is 2.46. The second-order valence-corrected chi connectivity index (χ2v) is 3.02. The molecule has 0 fully saturated rings. The molecule has 2 rings (SSSR count). The van der Waals surface area contributed by atoms with Gasteiger partial charge in [0.1, 0.15) is 11.4 Å². The SMILES string of the molecule is COc1ccc(-c2ncccc2C=O)nn1. The Hall–Kier alpha value is -2.30. The zero-order chi connectivity index (χ0) is 11.4. The molecule has 0 aliphatic rings. The van der Waals surface area contributed by atoms with E-state index in [-0.39, 0.29) is 0 Å². The van der Waals surface area contributed by atoms with Crippen molar-refractivity contribution in [2.24, 2.45) is 0 Å². The van der Waals surface area contributed by atoms with Gasteiger partial charge in [-0.2, -0.15) is 0 Å². The lowest BCUT2D eigenvalue weighted by Crippen LogP contribution is -1.96. The fourth-order valence-corrected chi connectivity index (χ4v) is 1.28. The Morgan fingerprint density at radius 2 is 2.12 bits per heavy atom. The van der Waals surface area contributed by atoms with E-state index in [2.05, 4.69) is 15.2 Å². The predicted octanol–water partition coefficient (Wildman–Crippen LogP) is 1.36. The van der Waals surface area contributed by atoms with Gasteiger partial charge in [-0.1, -0.05) is 0 Å². The van der Waals surface area contributed by atoms with Crippen LogP contribution in [0, 0.1) is 0 Å². The maximum Gasteiger partial charge on any atom is 0.233 e. The van der Waals surface area contributed by atoms with E-state index >= 15 is 0 Å². The van der Waals surface area contributed by atoms with Crippen molar-refractivity contribution >= 4 is 6.29 Å². The molecule has 16 heavy (non-hydrogen) atoms. The molecule has 0 radical (unpaired) electrons. The summed E-state index contributed by atoms with van der Waals surface area (Å²) in [6, 6.07) is 6.76. The average Bonchev–Trinajstić information content (AvgIpc) is 2.39. The molecule has 0 aromatic carbocycles. The van der Waals surface area contributed by atoms with Gasteiger partial charge in [0.05, 0.1) is 7.11 Å². The molecule has 0 atom stereocenters. The molecule has 0 unspecified atom stereocenters. The Morgan fingerprint density at radius 1 is 1.25 bits per heavy atom. The van der Waals surface area contributed by atoms with Crippen molar-refractivity contribution < 1.29 is 9.53 Å². The van der Waals surface area contributed by atoms with Crippen LogP contribution < -0.4 is 4.74 Å². The molecule has 0 N–H and O–H groups in total. The number of aromatic nitrogens is 3. The lowest BCUT2D eigenvalue weighted by atomic mass is 10.1. The van der Waals surface area contributed by atoms with Crippen LogP contribution in [0.2, 0.25) is 0 Å². The van der Waals surface area contributed by atoms with E-state index in [1.807, 2.05) is 0 Å². The smallest absolute Gasteiger partial charge is 0.233 e. The van der Waals surface area contributed by atoms with Gasteiger partial charge in [0, 0.05) is 17.8 Å². The van der Waals surface area contributed by atoms with E-state index in [1.54, 1.807) is 30.5 Å². The highest BCUT2D eigenvalue weighted by Gasteiger charge is 2.07. The Bertz CT molecular complexity index is 497. The van der Waals surface area contributed by atoms with E-state index in [1.165, 1.54) is 7.11 Å². The first kappa shape index (κ1) is 10.2. The number of pyridine rings is 1. The summed E-state index contributed by atoms with van der Waals surface area (Å²) >= 11 is 0. The highest BCUT2D eigenvalue weighted by molar-refractivity contribution is 5.84. The van der Waals surface area contributed by atoms with Crippen LogP contribution >= 0.6 is 0 Å². The van der Waals surface area contributed by atoms with E-state index in [0.717, 1.165) is 6.29 Å². The third-order valence-corrected chi connectivity index (χ3v) is 2.06. The summed E-state index contributed by atoms with van der Waals surface area (Å²) in [7, 11) is 1.52. The summed E-state index contributed by atoms with van der Waals surface area (Å²) in [6.07, 6.45) is 2.35. The summed E-state index contributed by atoms with van der Waals surface area (Å²) in [5.41, 5.74) is 1.55. The Labute approximate surface area is 92.1 Å². The van der Waals surface area contributed by atoms with E-state index in [9.17, 15) is 4.79 Å². The molecule has 0 aliphatic heterocycles. The normalized spacial score (nSPS) is 9.81. The molecular weight excluding hydrogens is 206 g/mol. The maximum absolute atomic E-state index is 10.8. The molecule has 2 aromatic rings. The van der Waals surface area contributed by atoms with Crippen LogP contribution in [0.4, 0.5) is 0 Å². The summed E-state index contributed by atoms with van der Waals surface area (Å²) in [4.78, 5) is 14.9. The summed E-state index contributed by atoms with van der Waals surface area (Å²) in [5.74, 6) is 0.423. The first-order valence-electron chi connectivity index (χ1n) is 4.63. The van der Waals surface area contributed by atoms with Gasteiger partial charge in [-0.15, -0.1) is 10.2 Å². The number of hydrogen-bond acceptors (Lipinski definition) is 5. The lowest BCUT2D eigenvalue weighted by Gasteiger charge is -2.02. The summed E-state index contributed by atoms with van der Waals surface area (Å²) in [6.45, 7) is 0. The molecule has 0 saturated carbocycles. The van der Waals surface area contributed by atoms with Crippen molar-refractivity contribution in [2.75, 3.05) is 7.11 Å². The summed E-state index contributed by atoms with van der Waals surface area (Å²) < 4.78 is 4.90. The third kappa shape index (κ3) is 1.88. The van der Waals surface area contributed by atoms with Crippen LogP contribution in [0.5, 0.6) is 5.88 Å². The Morgan fingerprint density at radius 3 is 2.75 bits per heavy atom. The second-order valence-electron chi connectivity index (χ2n) is 3.02. The lowest BCUT2D eigenvalue weighted by molar-refractivity contribution is 0.112. The minimum atomic E-state index is 0.423. The van der Waals surface area contributed by atoms with Gasteiger partial charge >= 0.3 is 0 Å². The van der Waals surface area contributed by atoms with Crippen LogP contribution in [0.3, 0.4) is 0 Å². The molecule has 0 saturated heterocycles. The number of rotatable bonds is 3. The number of aldehydes is 1. The molecule has 80 valence electrons. The third-order valence-electron chi connectivity index (χ3n) is 2.06. The zero-order valence-corrected chi connectivity index (χ0v) is 8.62. The molecule has 0 amide bonds. The van der Waals surface area contributed by atoms with Gasteiger partial charge in [-0.3, -0.25) is 9.78 Å². The van der Waals surface area contributed by atoms with Crippen molar-refractivity contribution in [3.05, 3.63) is 36.0 Å². The highest BCUT2D eigenvalue weighted by atomic mass is 16.5. The van der Waals surface area contributed by atoms with Crippen LogP contribution in [-0.4, -0.2) is 28.6 Å². The van der Waals surface area contributed by atoms with Gasteiger partial charge in [0.2, 0.25) is 5.88 Å². The van der Waals surface area contributed by atoms with E-state index in [4.69, 9.17) is 4.74 Å². The van der Waals surface area contributed by atoms with E-state index in [0.29, 0.717) is 22.8 Å². The second kappa shape index (κ2) is 4.48. The molecule has 2 heterocycles. The molecule has 2 aromatic heterocycles. The van der Waals surface area contributed by atoms with Gasteiger partial charge in [-0.05, 0) is 18.2 Å². The number of nitrogens with zero attached hydrogens (tertiary/aromatic N) is 3. The molecule has 0 aliphatic carbocycles. The zero-order valence-electron chi connectivity index (χ0n) is 8.62. The van der Waals surface area contributed by atoms with Gasteiger partial charge in [0.15, 0.2) is 6.29 Å². The number of ether oxygens (including phenoxy) is 1. The van der Waals surface area contributed by atoms with Crippen LogP contribution in [-0.2, 0) is 0 Å². The van der Waals surface area contributed by atoms with E-state index < -0.39 is 0 Å². The van der Waals surface area contributed by atoms with Crippen molar-refractivity contribution in [3.63, 3.8) is 0 Å². The highest BCUT2D eigenvalue weighted by Crippen LogP contribution is 2.17. The molecule has 0 bridgehead atoms. The first-order chi connectivity index (χ1) is 7.85. The largest absolute Gasteiger partial charge is 0.480 e. The van der Waals surface area contributed by atoms with Crippen LogP contribution in [0.25, 0.3) is 11.4 Å². The fourth-order valence-electron chi connectivity index (χ4n) is 1.28. The maximum atomic E-state index is 10.8. The fraction of sp³-hybridized carbons (Fsp3) is 0.0909. The van der Waals surface area contributed by atoms with Gasteiger partial charge in [0.25, 0.3) is 0 Å². The van der Waals surface area contributed by atoms with Crippen LogP contribution in [0.1, 0.15) is 10.4 Å². The predicted molar refractivity (Wildman–Crippen MR) is 57.2 cm³/mol. The number of hydrogen-bond donors (Lipinski definition) is 0. The van der Waals surface area contributed by atoms with Crippen molar-refractivity contribution in [1.29, 1.82) is 0 Å². The average molecular weight is 215 g/mol. The Kier molecular flexibility index (Phi) is 2.86. The number of methoxy groups -OCH3 is 1. The molecule has 5 heteroatoms. The quantitative estimate of drug-likeness (QED) is 0.723. The van der Waals surface area contributed by atoms with Crippen molar-refractivity contribution in [1.82, 2.24) is 15.2 Å². The number of carbonyl (C=O) groups is 1. The first-order valence-corrected chi connectivity index (χ1v) is 4.63. The minimum absolute atomic E-state index is 0.423. The molecular formula is C11H9N3O2.